The third kappa shape index (κ3) is 6.08. The predicted octanol–water partition coefficient (Wildman–Crippen LogP) is 5.51. The van der Waals surface area contributed by atoms with Gasteiger partial charge in [-0.1, -0.05) is 18.2 Å². The summed E-state index contributed by atoms with van der Waals surface area (Å²) in [4.78, 5) is 26.1. The summed E-state index contributed by atoms with van der Waals surface area (Å²) >= 11 is 0. The molecular weight excluding hydrogens is 473 g/mol. The van der Waals surface area contributed by atoms with Crippen LogP contribution < -0.4 is 15.2 Å². The molecule has 36 heavy (non-hydrogen) atoms. The molecule has 1 heterocycles. The minimum absolute atomic E-state index is 0.112. The van der Waals surface area contributed by atoms with Crippen molar-refractivity contribution in [3.63, 3.8) is 0 Å². The van der Waals surface area contributed by atoms with E-state index in [2.05, 4.69) is 4.74 Å². The number of nitrogens with zero attached hydrogens (tertiary/aromatic N) is 2. The van der Waals surface area contributed by atoms with Gasteiger partial charge < -0.3 is 19.3 Å². The van der Waals surface area contributed by atoms with Gasteiger partial charge >= 0.3 is 12.3 Å². The highest BCUT2D eigenvalue weighted by Crippen LogP contribution is 2.42. The largest absolute Gasteiger partial charge is 0.573 e. The van der Waals surface area contributed by atoms with E-state index < -0.39 is 12.3 Å². The van der Waals surface area contributed by atoms with Gasteiger partial charge in [-0.2, -0.15) is 0 Å². The van der Waals surface area contributed by atoms with Gasteiger partial charge in [-0.05, 0) is 73.6 Å². The second-order valence-corrected chi connectivity index (χ2v) is 9.11. The Morgan fingerprint density at radius 1 is 1.14 bits per heavy atom. The summed E-state index contributed by atoms with van der Waals surface area (Å²) in [6.45, 7) is 2.51. The Morgan fingerprint density at radius 3 is 2.44 bits per heavy atom. The topological polar surface area (TPSA) is 71.8 Å². The average molecular weight is 501 g/mol. The molecule has 0 unspecified atom stereocenters. The molecule has 3 aromatic rings. The maximum Gasteiger partial charge on any atom is 0.573 e. The lowest BCUT2D eigenvalue weighted by atomic mass is 10.0. The van der Waals surface area contributed by atoms with Crippen LogP contribution in [0.15, 0.2) is 59.4 Å². The van der Waals surface area contributed by atoms with Crippen LogP contribution in [0.5, 0.6) is 5.75 Å². The molecule has 2 aromatic carbocycles. The smallest absolute Gasteiger partial charge is 0.478 e. The van der Waals surface area contributed by atoms with Gasteiger partial charge in [0.15, 0.2) is 0 Å². The maximum absolute atomic E-state index is 13.2. The van der Waals surface area contributed by atoms with Crippen LogP contribution >= 0.6 is 0 Å². The van der Waals surface area contributed by atoms with E-state index in [-0.39, 0.29) is 16.9 Å². The van der Waals surface area contributed by atoms with E-state index in [1.54, 1.807) is 41.6 Å². The second-order valence-electron chi connectivity index (χ2n) is 9.11. The van der Waals surface area contributed by atoms with Crippen molar-refractivity contribution in [2.24, 2.45) is 0 Å². The maximum atomic E-state index is 13.2. The molecule has 1 aliphatic carbocycles. The van der Waals surface area contributed by atoms with Crippen LogP contribution in [-0.2, 0) is 19.5 Å². The molecule has 1 aromatic heterocycles. The SMILES string of the molecule is Cc1cc(C2CC2)c(CN(C)c2cccc(OC(F)(F)F)c2)n(CCc2ccc(C(=O)O)cc2)c1=O. The number of halogens is 3. The number of ether oxygens (including phenoxy) is 1. The lowest BCUT2D eigenvalue weighted by Gasteiger charge is -2.25. The van der Waals surface area contributed by atoms with Gasteiger partial charge in [0, 0.05) is 36.6 Å². The number of aryl methyl sites for hydroxylation is 2. The van der Waals surface area contributed by atoms with Crippen molar-refractivity contribution in [3.8, 4) is 5.75 Å². The summed E-state index contributed by atoms with van der Waals surface area (Å²) in [6, 6.07) is 14.3. The summed E-state index contributed by atoms with van der Waals surface area (Å²) in [5, 5.41) is 9.11. The molecule has 6 nitrogen and oxygen atoms in total. The molecule has 0 atom stereocenters. The number of hydrogen-bond acceptors (Lipinski definition) is 4. The second kappa shape index (κ2) is 10.1. The number of aromatic nitrogens is 1. The van der Waals surface area contributed by atoms with Crippen molar-refractivity contribution >= 4 is 11.7 Å². The third-order valence-corrected chi connectivity index (χ3v) is 6.33. The summed E-state index contributed by atoms with van der Waals surface area (Å²) < 4.78 is 43.9. The number of hydrogen-bond donors (Lipinski definition) is 1. The highest BCUT2D eigenvalue weighted by molar-refractivity contribution is 5.87. The summed E-state index contributed by atoms with van der Waals surface area (Å²) in [6.07, 6.45) is -2.20. The van der Waals surface area contributed by atoms with E-state index in [0.717, 1.165) is 29.7 Å². The zero-order valence-corrected chi connectivity index (χ0v) is 20.0. The van der Waals surface area contributed by atoms with Crippen LogP contribution in [0.3, 0.4) is 0 Å². The molecule has 0 bridgehead atoms. The molecule has 4 rings (SSSR count). The fourth-order valence-electron chi connectivity index (χ4n) is 4.32. The first-order chi connectivity index (χ1) is 17.0. The zero-order valence-electron chi connectivity index (χ0n) is 20.0. The number of aromatic carboxylic acids is 1. The Morgan fingerprint density at radius 2 is 1.83 bits per heavy atom. The zero-order chi connectivity index (χ0) is 26.0. The van der Waals surface area contributed by atoms with Crippen molar-refractivity contribution in [1.29, 1.82) is 0 Å². The van der Waals surface area contributed by atoms with E-state index in [1.807, 2.05) is 6.07 Å². The van der Waals surface area contributed by atoms with Gasteiger partial charge in [-0.25, -0.2) is 4.79 Å². The normalized spacial score (nSPS) is 13.5. The standard InChI is InChI=1S/C27H27F3N2O4/c1-17-14-23(19-10-11-19)24(16-31(2)21-4-3-5-22(15-21)36-27(28,29)30)32(25(17)33)13-12-18-6-8-20(9-7-18)26(34)35/h3-9,14-15,19H,10-13,16H2,1-2H3,(H,34,35). The molecule has 9 heteroatoms. The molecule has 1 fully saturated rings. The van der Waals surface area contributed by atoms with E-state index in [9.17, 15) is 22.8 Å². The number of pyridine rings is 1. The highest BCUT2D eigenvalue weighted by atomic mass is 19.4. The van der Waals surface area contributed by atoms with Gasteiger partial charge in [0.25, 0.3) is 5.56 Å². The number of carboxylic acids is 1. The average Bonchev–Trinajstić information content (AvgIpc) is 3.65. The van der Waals surface area contributed by atoms with Crippen LogP contribution in [0, 0.1) is 6.92 Å². The van der Waals surface area contributed by atoms with E-state index in [4.69, 9.17) is 5.11 Å². The Balaban J connectivity index is 1.63. The number of carbonyl (C=O) groups is 1. The highest BCUT2D eigenvalue weighted by Gasteiger charge is 2.31. The quantitative estimate of drug-likeness (QED) is 0.420. The lowest BCUT2D eigenvalue weighted by molar-refractivity contribution is -0.274. The Labute approximate surface area is 206 Å². The van der Waals surface area contributed by atoms with Crippen LogP contribution in [-0.4, -0.2) is 29.1 Å². The van der Waals surface area contributed by atoms with E-state index >= 15 is 0 Å². The first-order valence-corrected chi connectivity index (χ1v) is 11.6. The Kier molecular flexibility index (Phi) is 7.10. The lowest BCUT2D eigenvalue weighted by Crippen LogP contribution is -2.31. The summed E-state index contributed by atoms with van der Waals surface area (Å²) in [5.41, 5.74) is 4.08. The summed E-state index contributed by atoms with van der Waals surface area (Å²) in [7, 11) is 1.77. The molecule has 190 valence electrons. The molecule has 0 spiro atoms. The fraction of sp³-hybridized carbons (Fsp3) is 0.333. The monoisotopic (exact) mass is 500 g/mol. The van der Waals surface area contributed by atoms with Crippen LogP contribution in [0.25, 0.3) is 0 Å². The van der Waals surface area contributed by atoms with Crippen LogP contribution in [0.4, 0.5) is 18.9 Å². The molecule has 0 saturated heterocycles. The molecular formula is C27H27F3N2O4. The van der Waals surface area contributed by atoms with Gasteiger partial charge in [-0.15, -0.1) is 13.2 Å². The third-order valence-electron chi connectivity index (χ3n) is 6.33. The first-order valence-electron chi connectivity index (χ1n) is 11.6. The minimum Gasteiger partial charge on any atom is -0.478 e. The minimum atomic E-state index is -4.78. The van der Waals surface area contributed by atoms with Crippen LogP contribution in [0.1, 0.15) is 51.5 Å². The van der Waals surface area contributed by atoms with E-state index in [1.165, 1.54) is 30.3 Å². The Bertz CT molecular complexity index is 1310. The molecule has 1 aliphatic rings. The molecule has 0 amide bonds. The number of anilines is 1. The number of benzene rings is 2. The van der Waals surface area contributed by atoms with Crippen LogP contribution in [0.2, 0.25) is 0 Å². The first kappa shape index (κ1) is 25.3. The van der Waals surface area contributed by atoms with Gasteiger partial charge in [-0.3, -0.25) is 4.79 Å². The Hall–Kier alpha value is -3.75. The molecule has 1 N–H and O–H groups in total. The van der Waals surface area contributed by atoms with Gasteiger partial charge in [0.2, 0.25) is 0 Å². The number of carboxylic acid groups (broad SMARTS) is 1. The molecule has 1 saturated carbocycles. The van der Waals surface area contributed by atoms with Gasteiger partial charge in [0.1, 0.15) is 5.75 Å². The molecule has 0 radical (unpaired) electrons. The van der Waals surface area contributed by atoms with Crippen molar-refractivity contribution in [2.75, 3.05) is 11.9 Å². The van der Waals surface area contributed by atoms with Gasteiger partial charge in [0.05, 0.1) is 12.1 Å². The van der Waals surface area contributed by atoms with E-state index in [0.29, 0.717) is 36.7 Å². The van der Waals surface area contributed by atoms with Crippen molar-refractivity contribution < 1.29 is 27.8 Å². The van der Waals surface area contributed by atoms with Crippen molar-refractivity contribution in [2.45, 2.75) is 51.6 Å². The fourth-order valence-corrected chi connectivity index (χ4v) is 4.32. The summed E-state index contributed by atoms with van der Waals surface area (Å²) in [5.74, 6) is -0.949. The predicted molar refractivity (Wildman–Crippen MR) is 130 cm³/mol. The van der Waals surface area contributed by atoms with Crippen molar-refractivity contribution in [3.05, 3.63) is 92.9 Å². The number of rotatable bonds is 9. The number of alkyl halides is 3. The molecule has 0 aliphatic heterocycles. The van der Waals surface area contributed by atoms with Crippen molar-refractivity contribution in [1.82, 2.24) is 4.57 Å².